The van der Waals surface area contributed by atoms with Crippen LogP contribution in [0.2, 0.25) is 0 Å². The Bertz CT molecular complexity index is 621. The van der Waals surface area contributed by atoms with Crippen LogP contribution in [0.5, 0.6) is 0 Å². The fourth-order valence-electron chi connectivity index (χ4n) is 4.41. The van der Waals surface area contributed by atoms with E-state index < -0.39 is 0 Å². The maximum atomic E-state index is 9.70. The molecule has 0 amide bonds. The van der Waals surface area contributed by atoms with Crippen LogP contribution in [-0.2, 0) is 0 Å². The Kier molecular flexibility index (Phi) is 11.4. The van der Waals surface area contributed by atoms with Gasteiger partial charge in [-0.2, -0.15) is 0 Å². The van der Waals surface area contributed by atoms with Crippen molar-refractivity contribution in [2.75, 3.05) is 46.3 Å². The van der Waals surface area contributed by atoms with Crippen LogP contribution in [0.25, 0.3) is 0 Å². The van der Waals surface area contributed by atoms with Gasteiger partial charge < -0.3 is 20.6 Å². The van der Waals surface area contributed by atoms with Gasteiger partial charge in [0.05, 0.1) is 6.10 Å². The molecule has 7 heteroatoms. The van der Waals surface area contributed by atoms with Gasteiger partial charge in [0.15, 0.2) is 5.96 Å². The third kappa shape index (κ3) is 7.98. The van der Waals surface area contributed by atoms with Crippen LogP contribution in [0.1, 0.15) is 50.6 Å². The zero-order valence-corrected chi connectivity index (χ0v) is 20.9. The minimum Gasteiger partial charge on any atom is -0.393 e. The fraction of sp³-hybridized carbons (Fsp3) is 0.696. The summed E-state index contributed by atoms with van der Waals surface area (Å²) in [6, 6.07) is 11.8. The maximum Gasteiger partial charge on any atom is 0.191 e. The van der Waals surface area contributed by atoms with Gasteiger partial charge in [0.25, 0.3) is 0 Å². The molecule has 3 rings (SSSR count). The molecule has 1 heterocycles. The van der Waals surface area contributed by atoms with Crippen molar-refractivity contribution in [1.29, 1.82) is 0 Å². The Hall–Kier alpha value is -0.900. The summed E-state index contributed by atoms with van der Waals surface area (Å²) in [4.78, 5) is 9.87. The van der Waals surface area contributed by atoms with Crippen LogP contribution in [0.3, 0.4) is 0 Å². The average Bonchev–Trinajstić information content (AvgIpc) is 2.74. The summed E-state index contributed by atoms with van der Waals surface area (Å²) in [5, 5.41) is 16.6. The third-order valence-corrected chi connectivity index (χ3v) is 6.13. The molecule has 170 valence electrons. The molecule has 3 N–H and O–H groups in total. The van der Waals surface area contributed by atoms with Crippen molar-refractivity contribution in [2.24, 2.45) is 4.99 Å². The number of nitrogens with zero attached hydrogens (tertiary/aromatic N) is 3. The van der Waals surface area contributed by atoms with Gasteiger partial charge in [-0.25, -0.2) is 0 Å². The standard InChI is InChI=1S/C23H39N5O.HI/c1-3-24-23(26-20-10-12-21(29)13-11-20)25-14-7-15-28-17-16-27(2)18-22(28)19-8-5-4-6-9-19;/h4-6,8-9,20-22,29H,3,7,10-18H2,1-2H3,(H2,24,25,26);1H. The lowest BCUT2D eigenvalue weighted by Crippen LogP contribution is -2.47. The van der Waals surface area contributed by atoms with Crippen molar-refractivity contribution < 1.29 is 5.11 Å². The molecule has 1 saturated heterocycles. The molecular formula is C23H40IN5O. The summed E-state index contributed by atoms with van der Waals surface area (Å²) in [5.74, 6) is 0.923. The first-order valence-corrected chi connectivity index (χ1v) is 11.4. The van der Waals surface area contributed by atoms with E-state index in [0.717, 1.165) is 77.3 Å². The first kappa shape index (κ1) is 25.4. The Morgan fingerprint density at radius 2 is 1.87 bits per heavy atom. The number of halogens is 1. The third-order valence-electron chi connectivity index (χ3n) is 6.13. The lowest BCUT2D eigenvalue weighted by molar-refractivity contribution is 0.0894. The van der Waals surface area contributed by atoms with E-state index in [1.165, 1.54) is 5.56 Å². The summed E-state index contributed by atoms with van der Waals surface area (Å²) < 4.78 is 0. The number of rotatable bonds is 7. The summed E-state index contributed by atoms with van der Waals surface area (Å²) in [6.07, 6.45) is 4.76. The van der Waals surface area contributed by atoms with E-state index in [1.807, 2.05) is 0 Å². The van der Waals surface area contributed by atoms with Crippen molar-refractivity contribution in [3.05, 3.63) is 35.9 Å². The van der Waals surface area contributed by atoms with Crippen LogP contribution < -0.4 is 10.6 Å². The Labute approximate surface area is 199 Å². The minimum absolute atomic E-state index is 0. The van der Waals surface area contributed by atoms with E-state index in [1.54, 1.807) is 0 Å². The Morgan fingerprint density at radius 1 is 1.13 bits per heavy atom. The molecule has 2 fully saturated rings. The van der Waals surface area contributed by atoms with Gasteiger partial charge in [0.2, 0.25) is 0 Å². The van der Waals surface area contributed by atoms with Gasteiger partial charge >= 0.3 is 0 Å². The van der Waals surface area contributed by atoms with E-state index in [2.05, 4.69) is 64.7 Å². The van der Waals surface area contributed by atoms with Crippen molar-refractivity contribution >= 4 is 29.9 Å². The molecule has 1 atom stereocenters. The van der Waals surface area contributed by atoms with Gasteiger partial charge in [-0.05, 0) is 51.6 Å². The number of likely N-dealkylation sites (N-methyl/N-ethyl adjacent to an activating group) is 1. The molecule has 2 aliphatic rings. The summed E-state index contributed by atoms with van der Waals surface area (Å²) in [6.45, 7) is 8.22. The molecule has 1 saturated carbocycles. The van der Waals surface area contributed by atoms with E-state index in [-0.39, 0.29) is 30.1 Å². The predicted molar refractivity (Wildman–Crippen MR) is 136 cm³/mol. The van der Waals surface area contributed by atoms with E-state index in [9.17, 15) is 5.11 Å². The first-order valence-electron chi connectivity index (χ1n) is 11.4. The maximum absolute atomic E-state index is 9.70. The predicted octanol–water partition coefficient (Wildman–Crippen LogP) is 2.84. The molecule has 0 radical (unpaired) electrons. The highest BCUT2D eigenvalue weighted by Crippen LogP contribution is 2.24. The van der Waals surface area contributed by atoms with E-state index >= 15 is 0 Å². The number of guanidine groups is 1. The van der Waals surface area contributed by atoms with Crippen LogP contribution >= 0.6 is 24.0 Å². The molecule has 1 aliphatic carbocycles. The molecule has 6 nitrogen and oxygen atoms in total. The molecule has 1 aromatic carbocycles. The normalized spacial score (nSPS) is 26.1. The molecule has 0 aromatic heterocycles. The Balaban J connectivity index is 0.00000320. The highest BCUT2D eigenvalue weighted by Gasteiger charge is 2.26. The van der Waals surface area contributed by atoms with E-state index in [0.29, 0.717) is 12.1 Å². The number of aliphatic hydroxyl groups excluding tert-OH is 1. The number of nitrogens with one attached hydrogen (secondary N) is 2. The molecule has 1 unspecified atom stereocenters. The molecule has 0 bridgehead atoms. The zero-order valence-electron chi connectivity index (χ0n) is 18.6. The summed E-state index contributed by atoms with van der Waals surface area (Å²) in [5.41, 5.74) is 1.41. The van der Waals surface area contributed by atoms with Crippen molar-refractivity contribution in [1.82, 2.24) is 20.4 Å². The molecule has 30 heavy (non-hydrogen) atoms. The number of piperazine rings is 1. The number of aliphatic imine (C=N–C) groups is 1. The van der Waals surface area contributed by atoms with Crippen molar-refractivity contribution in [2.45, 2.75) is 57.2 Å². The van der Waals surface area contributed by atoms with Crippen molar-refractivity contribution in [3.8, 4) is 0 Å². The lowest BCUT2D eigenvalue weighted by atomic mass is 9.93. The number of hydrogen-bond acceptors (Lipinski definition) is 4. The van der Waals surface area contributed by atoms with Gasteiger partial charge in [-0.3, -0.25) is 9.89 Å². The number of aliphatic hydroxyl groups is 1. The van der Waals surface area contributed by atoms with Crippen LogP contribution in [0, 0.1) is 0 Å². The first-order chi connectivity index (χ1) is 14.2. The molecule has 1 aromatic rings. The average molecular weight is 530 g/mol. The largest absolute Gasteiger partial charge is 0.393 e. The second-order valence-corrected chi connectivity index (χ2v) is 8.49. The van der Waals surface area contributed by atoms with Crippen LogP contribution in [0.4, 0.5) is 0 Å². The van der Waals surface area contributed by atoms with Gasteiger partial charge in [-0.15, -0.1) is 24.0 Å². The number of hydrogen-bond donors (Lipinski definition) is 3. The topological polar surface area (TPSA) is 63.1 Å². The quantitative estimate of drug-likeness (QED) is 0.220. The second-order valence-electron chi connectivity index (χ2n) is 8.49. The van der Waals surface area contributed by atoms with Crippen LogP contribution in [0.15, 0.2) is 35.3 Å². The molecule has 0 spiro atoms. The smallest absolute Gasteiger partial charge is 0.191 e. The van der Waals surface area contributed by atoms with Gasteiger partial charge in [0, 0.05) is 51.4 Å². The molecule has 1 aliphatic heterocycles. The zero-order chi connectivity index (χ0) is 20.5. The SMILES string of the molecule is CCNC(=NCCCN1CCN(C)CC1c1ccccc1)NC1CCC(O)CC1.I. The van der Waals surface area contributed by atoms with Crippen molar-refractivity contribution in [3.63, 3.8) is 0 Å². The highest BCUT2D eigenvalue weighted by atomic mass is 127. The van der Waals surface area contributed by atoms with Gasteiger partial charge in [-0.1, -0.05) is 30.3 Å². The minimum atomic E-state index is -0.117. The molecular weight excluding hydrogens is 489 g/mol. The fourth-order valence-corrected chi connectivity index (χ4v) is 4.41. The highest BCUT2D eigenvalue weighted by molar-refractivity contribution is 14.0. The Morgan fingerprint density at radius 3 is 2.57 bits per heavy atom. The van der Waals surface area contributed by atoms with E-state index in [4.69, 9.17) is 4.99 Å². The summed E-state index contributed by atoms with van der Waals surface area (Å²) >= 11 is 0. The summed E-state index contributed by atoms with van der Waals surface area (Å²) in [7, 11) is 2.22. The van der Waals surface area contributed by atoms with Gasteiger partial charge in [0.1, 0.15) is 0 Å². The van der Waals surface area contributed by atoms with Crippen LogP contribution in [-0.4, -0.2) is 79.3 Å². The number of benzene rings is 1. The second kappa shape index (κ2) is 13.5. The monoisotopic (exact) mass is 529 g/mol. The lowest BCUT2D eigenvalue weighted by Gasteiger charge is -2.40.